The Bertz CT molecular complexity index is 979. The minimum Gasteiger partial charge on any atom is -0.488 e. The summed E-state index contributed by atoms with van der Waals surface area (Å²) in [5, 5.41) is 7.42. The smallest absolute Gasteiger partial charge is 0.278 e. The molecule has 1 aromatic heterocycles. The highest BCUT2D eigenvalue weighted by Gasteiger charge is 2.21. The van der Waals surface area contributed by atoms with Crippen LogP contribution in [0.2, 0.25) is 10.0 Å². The third-order valence-corrected chi connectivity index (χ3v) is 4.70. The highest BCUT2D eigenvalue weighted by Crippen LogP contribution is 2.27. The fourth-order valence-electron chi connectivity index (χ4n) is 2.68. The van der Waals surface area contributed by atoms with E-state index in [4.69, 9.17) is 32.5 Å². The molecule has 0 aliphatic rings. The zero-order chi connectivity index (χ0) is 19.6. The summed E-state index contributed by atoms with van der Waals surface area (Å²) in [4.78, 5) is 12.6. The van der Waals surface area contributed by atoms with Gasteiger partial charge in [0.2, 0.25) is 0 Å². The first-order valence-corrected chi connectivity index (χ1v) is 9.03. The van der Waals surface area contributed by atoms with E-state index in [-0.39, 0.29) is 12.3 Å². The second-order valence-corrected chi connectivity index (χ2v) is 7.00. The Labute approximate surface area is 167 Å². The van der Waals surface area contributed by atoms with Gasteiger partial charge in [-0.3, -0.25) is 4.79 Å². The first kappa shape index (κ1) is 19.3. The fraction of sp³-hybridized carbons (Fsp3) is 0.200. The minimum atomic E-state index is -0.434. The number of hydrogen-bond acceptors (Lipinski definition) is 4. The van der Waals surface area contributed by atoms with Gasteiger partial charge < -0.3 is 14.6 Å². The summed E-state index contributed by atoms with van der Waals surface area (Å²) in [5.74, 6) is 0.870. The van der Waals surface area contributed by atoms with Crippen LogP contribution in [-0.4, -0.2) is 11.1 Å². The molecule has 0 spiro atoms. The number of para-hydroxylation sites is 1. The fourth-order valence-corrected chi connectivity index (χ4v) is 3.14. The van der Waals surface area contributed by atoms with Crippen LogP contribution in [0.3, 0.4) is 0 Å². The van der Waals surface area contributed by atoms with Crippen LogP contribution in [0.5, 0.6) is 5.75 Å². The van der Waals surface area contributed by atoms with Gasteiger partial charge in [0, 0.05) is 5.02 Å². The first-order chi connectivity index (χ1) is 12.9. The molecule has 5 nitrogen and oxygen atoms in total. The molecule has 1 N–H and O–H groups in total. The lowest BCUT2D eigenvalue weighted by molar-refractivity contribution is 0.101. The Morgan fingerprint density at radius 2 is 1.85 bits per heavy atom. The van der Waals surface area contributed by atoms with Gasteiger partial charge in [-0.25, -0.2) is 0 Å². The normalized spacial score (nSPS) is 10.7. The van der Waals surface area contributed by atoms with Gasteiger partial charge in [-0.15, -0.1) is 0 Å². The molecule has 1 amide bonds. The molecule has 0 saturated carbocycles. The number of aromatic nitrogens is 1. The Balaban J connectivity index is 1.80. The molecule has 0 atom stereocenters. The monoisotopic (exact) mass is 404 g/mol. The van der Waals surface area contributed by atoms with Crippen LogP contribution in [-0.2, 0) is 6.61 Å². The maximum Gasteiger partial charge on any atom is 0.278 e. The van der Waals surface area contributed by atoms with Crippen molar-refractivity contribution in [1.29, 1.82) is 0 Å². The van der Waals surface area contributed by atoms with Crippen molar-refractivity contribution in [3.63, 3.8) is 0 Å². The Kier molecular flexibility index (Phi) is 5.73. The lowest BCUT2D eigenvalue weighted by atomic mass is 10.1. The first-order valence-electron chi connectivity index (χ1n) is 8.27. The molecule has 0 unspecified atom stereocenters. The lowest BCUT2D eigenvalue weighted by Gasteiger charge is -2.12. The summed E-state index contributed by atoms with van der Waals surface area (Å²) in [7, 11) is 0. The van der Waals surface area contributed by atoms with Crippen LogP contribution in [0, 0.1) is 20.8 Å². The molecule has 1 heterocycles. The molecule has 3 rings (SSSR count). The number of rotatable bonds is 5. The molecule has 0 bridgehead atoms. The summed E-state index contributed by atoms with van der Waals surface area (Å²) in [6, 6.07) is 10.7. The van der Waals surface area contributed by atoms with Crippen molar-refractivity contribution >= 4 is 34.8 Å². The van der Waals surface area contributed by atoms with Crippen molar-refractivity contribution in [3.05, 3.63) is 74.6 Å². The quantitative estimate of drug-likeness (QED) is 0.588. The van der Waals surface area contributed by atoms with Gasteiger partial charge in [0.05, 0.1) is 16.3 Å². The van der Waals surface area contributed by atoms with Gasteiger partial charge in [0.1, 0.15) is 18.1 Å². The van der Waals surface area contributed by atoms with Gasteiger partial charge in [0.25, 0.3) is 5.91 Å². The van der Waals surface area contributed by atoms with Gasteiger partial charge in [0.15, 0.2) is 5.69 Å². The number of hydrogen-bond donors (Lipinski definition) is 1. The van der Waals surface area contributed by atoms with E-state index in [0.29, 0.717) is 27.1 Å². The molecule has 27 heavy (non-hydrogen) atoms. The Hall–Kier alpha value is -2.50. The highest BCUT2D eigenvalue weighted by molar-refractivity contribution is 6.36. The number of nitrogens with one attached hydrogen (secondary N) is 1. The van der Waals surface area contributed by atoms with Gasteiger partial charge in [-0.2, -0.15) is 0 Å². The zero-order valence-corrected chi connectivity index (χ0v) is 16.6. The highest BCUT2D eigenvalue weighted by atomic mass is 35.5. The zero-order valence-electron chi connectivity index (χ0n) is 15.1. The van der Waals surface area contributed by atoms with E-state index in [2.05, 4.69) is 10.5 Å². The number of halogens is 2. The number of aryl methyl sites for hydroxylation is 3. The van der Waals surface area contributed by atoms with Gasteiger partial charge in [-0.1, -0.05) is 46.6 Å². The maximum absolute atomic E-state index is 12.6. The molecule has 140 valence electrons. The molecule has 3 aromatic rings. The van der Waals surface area contributed by atoms with Crippen molar-refractivity contribution in [3.8, 4) is 5.75 Å². The van der Waals surface area contributed by atoms with E-state index in [1.807, 2.05) is 32.0 Å². The van der Waals surface area contributed by atoms with Crippen LogP contribution < -0.4 is 10.1 Å². The molecule has 0 aliphatic carbocycles. The minimum absolute atomic E-state index is 0.157. The number of anilines is 1. The largest absolute Gasteiger partial charge is 0.488 e. The van der Waals surface area contributed by atoms with E-state index >= 15 is 0 Å². The molecule has 2 aromatic carbocycles. The number of carbonyl (C=O) groups excluding carboxylic acids is 1. The summed E-state index contributed by atoms with van der Waals surface area (Å²) in [5.41, 5.74) is 3.21. The molecule has 0 aliphatic heterocycles. The molecular formula is C20H18Cl2N2O3. The van der Waals surface area contributed by atoms with Gasteiger partial charge in [-0.05, 0) is 50.1 Å². The SMILES string of the molecule is Cc1cccc(C)c1OCc1c(C(=O)Nc2ccc(Cl)cc2Cl)noc1C. The summed E-state index contributed by atoms with van der Waals surface area (Å²) in [6.45, 7) is 5.85. The topological polar surface area (TPSA) is 64.4 Å². The number of benzene rings is 2. The maximum atomic E-state index is 12.6. The van der Waals surface area contributed by atoms with E-state index < -0.39 is 5.91 Å². The lowest BCUT2D eigenvalue weighted by Crippen LogP contribution is -2.16. The van der Waals surface area contributed by atoms with Crippen molar-refractivity contribution in [2.45, 2.75) is 27.4 Å². The number of ether oxygens (including phenoxy) is 1. The molecule has 0 saturated heterocycles. The van der Waals surface area contributed by atoms with Crippen molar-refractivity contribution in [2.75, 3.05) is 5.32 Å². The van der Waals surface area contributed by atoms with Crippen molar-refractivity contribution in [2.24, 2.45) is 0 Å². The summed E-state index contributed by atoms with van der Waals surface area (Å²) in [6.07, 6.45) is 0. The van der Waals surface area contributed by atoms with Crippen LogP contribution in [0.1, 0.15) is 32.9 Å². The van der Waals surface area contributed by atoms with E-state index in [1.165, 1.54) is 0 Å². The number of nitrogens with zero attached hydrogens (tertiary/aromatic N) is 1. The van der Waals surface area contributed by atoms with Crippen LogP contribution in [0.25, 0.3) is 0 Å². The number of carbonyl (C=O) groups is 1. The molecular weight excluding hydrogens is 387 g/mol. The van der Waals surface area contributed by atoms with Crippen LogP contribution in [0.4, 0.5) is 5.69 Å². The predicted molar refractivity (Wildman–Crippen MR) is 106 cm³/mol. The molecule has 0 fully saturated rings. The third kappa shape index (κ3) is 4.26. The summed E-state index contributed by atoms with van der Waals surface area (Å²) < 4.78 is 11.2. The van der Waals surface area contributed by atoms with Gasteiger partial charge >= 0.3 is 0 Å². The standard InChI is InChI=1S/C20H18Cl2N2O3/c1-11-5-4-6-12(2)19(11)26-10-15-13(3)27-24-18(15)20(25)23-17-8-7-14(21)9-16(17)22/h4-9H,10H2,1-3H3,(H,23,25). The Morgan fingerprint density at radius 1 is 1.15 bits per heavy atom. The van der Waals surface area contributed by atoms with E-state index in [9.17, 15) is 4.79 Å². The third-order valence-electron chi connectivity index (χ3n) is 4.15. The second-order valence-electron chi connectivity index (χ2n) is 6.15. The van der Waals surface area contributed by atoms with Crippen LogP contribution in [0.15, 0.2) is 40.9 Å². The Morgan fingerprint density at radius 3 is 2.52 bits per heavy atom. The summed E-state index contributed by atoms with van der Waals surface area (Å²) >= 11 is 12.0. The predicted octanol–water partition coefficient (Wildman–Crippen LogP) is 5.74. The average molecular weight is 405 g/mol. The van der Waals surface area contributed by atoms with Crippen molar-refractivity contribution in [1.82, 2.24) is 5.16 Å². The van der Waals surface area contributed by atoms with E-state index in [1.54, 1.807) is 25.1 Å². The van der Waals surface area contributed by atoms with E-state index in [0.717, 1.165) is 16.9 Å². The molecule has 0 radical (unpaired) electrons. The average Bonchev–Trinajstić information content (AvgIpc) is 2.98. The van der Waals surface area contributed by atoms with Crippen molar-refractivity contribution < 1.29 is 14.1 Å². The molecule has 7 heteroatoms. The van der Waals surface area contributed by atoms with Crippen LogP contribution >= 0.6 is 23.2 Å². The number of amides is 1. The second kappa shape index (κ2) is 8.03.